The molecule has 100 valence electrons. The Bertz CT molecular complexity index is 596. The first kappa shape index (κ1) is 13.8. The molecule has 1 aromatic carbocycles. The third-order valence-corrected chi connectivity index (χ3v) is 3.64. The molecule has 0 saturated carbocycles. The van der Waals surface area contributed by atoms with E-state index in [1.54, 1.807) is 30.6 Å². The maximum absolute atomic E-state index is 5.70. The van der Waals surface area contributed by atoms with Gasteiger partial charge in [-0.3, -0.25) is 0 Å². The highest BCUT2D eigenvalue weighted by Crippen LogP contribution is 2.29. The molecule has 1 heterocycles. The van der Waals surface area contributed by atoms with Gasteiger partial charge >= 0.3 is 0 Å². The fourth-order valence-corrected chi connectivity index (χ4v) is 2.36. The number of benzene rings is 1. The van der Waals surface area contributed by atoms with Crippen LogP contribution in [0.3, 0.4) is 0 Å². The predicted octanol–water partition coefficient (Wildman–Crippen LogP) is 2.67. The molecule has 0 unspecified atom stereocenters. The molecule has 0 aliphatic rings. The molecule has 6 heteroatoms. The average Bonchev–Trinajstić information content (AvgIpc) is 2.81. The van der Waals surface area contributed by atoms with Crippen molar-refractivity contribution in [1.82, 2.24) is 4.98 Å². The van der Waals surface area contributed by atoms with Crippen LogP contribution in [0.2, 0.25) is 0 Å². The third kappa shape index (κ3) is 3.42. The average molecular weight is 294 g/mol. The summed E-state index contributed by atoms with van der Waals surface area (Å²) < 4.78 is 11.0. The van der Waals surface area contributed by atoms with E-state index in [1.165, 1.54) is 0 Å². The smallest absolute Gasteiger partial charge is 0.161 e. The van der Waals surface area contributed by atoms with Gasteiger partial charge < -0.3 is 15.2 Å². The molecule has 2 rings (SSSR count). The van der Waals surface area contributed by atoms with Crippen molar-refractivity contribution in [3.05, 3.63) is 39.8 Å². The van der Waals surface area contributed by atoms with Gasteiger partial charge in [0.25, 0.3) is 0 Å². The molecule has 0 aliphatic carbocycles. The van der Waals surface area contributed by atoms with Crippen LogP contribution in [0.4, 0.5) is 0 Å². The van der Waals surface area contributed by atoms with Crippen molar-refractivity contribution in [2.45, 2.75) is 13.5 Å². The second-order valence-electron chi connectivity index (χ2n) is 3.90. The van der Waals surface area contributed by atoms with Crippen molar-refractivity contribution in [3.8, 4) is 11.5 Å². The third-order valence-electron chi connectivity index (χ3n) is 2.47. The number of aryl methyl sites for hydroxylation is 1. The maximum atomic E-state index is 5.70. The van der Waals surface area contributed by atoms with E-state index in [1.807, 2.05) is 18.4 Å². The second-order valence-corrected chi connectivity index (χ2v) is 5.28. The van der Waals surface area contributed by atoms with Crippen LogP contribution < -0.4 is 15.2 Å². The van der Waals surface area contributed by atoms with Crippen LogP contribution in [0.15, 0.2) is 23.6 Å². The topological polar surface area (TPSA) is 57.4 Å². The molecule has 4 nitrogen and oxygen atoms in total. The van der Waals surface area contributed by atoms with Crippen molar-refractivity contribution < 1.29 is 9.47 Å². The first-order valence-electron chi connectivity index (χ1n) is 5.62. The van der Waals surface area contributed by atoms with Crippen LogP contribution in [0.5, 0.6) is 11.5 Å². The minimum atomic E-state index is 0.334. The number of thiocarbonyl (C=S) groups is 1. The van der Waals surface area contributed by atoms with E-state index in [0.717, 1.165) is 16.3 Å². The van der Waals surface area contributed by atoms with Gasteiger partial charge in [0.2, 0.25) is 0 Å². The number of aromatic nitrogens is 1. The number of rotatable bonds is 5. The fraction of sp³-hybridized carbons (Fsp3) is 0.231. The van der Waals surface area contributed by atoms with Crippen LogP contribution in [-0.2, 0) is 6.61 Å². The van der Waals surface area contributed by atoms with Crippen LogP contribution in [0.25, 0.3) is 0 Å². The van der Waals surface area contributed by atoms with Crippen molar-refractivity contribution in [3.63, 3.8) is 0 Å². The summed E-state index contributed by atoms with van der Waals surface area (Å²) in [6.07, 6.45) is 0. The van der Waals surface area contributed by atoms with E-state index in [4.69, 9.17) is 27.4 Å². The van der Waals surface area contributed by atoms with Gasteiger partial charge in [-0.1, -0.05) is 12.2 Å². The van der Waals surface area contributed by atoms with Gasteiger partial charge in [0.1, 0.15) is 16.6 Å². The van der Waals surface area contributed by atoms with Gasteiger partial charge in [0.05, 0.1) is 7.11 Å². The van der Waals surface area contributed by atoms with Gasteiger partial charge in [-0.15, -0.1) is 11.3 Å². The quantitative estimate of drug-likeness (QED) is 0.859. The standard InChI is InChI=1S/C13H14N2O2S2/c1-8-7-19-12(15-8)6-17-10-4-3-9(13(14)18)5-11(10)16-2/h3-5,7H,6H2,1-2H3,(H2,14,18). The highest BCUT2D eigenvalue weighted by Gasteiger charge is 2.08. The minimum Gasteiger partial charge on any atom is -0.493 e. The number of nitrogens with zero attached hydrogens (tertiary/aromatic N) is 1. The molecule has 0 bridgehead atoms. The number of nitrogens with two attached hydrogens (primary N) is 1. The summed E-state index contributed by atoms with van der Waals surface area (Å²) in [6.45, 7) is 2.37. The lowest BCUT2D eigenvalue weighted by Gasteiger charge is -2.10. The largest absolute Gasteiger partial charge is 0.493 e. The summed E-state index contributed by atoms with van der Waals surface area (Å²) in [5.74, 6) is 1.26. The minimum absolute atomic E-state index is 0.334. The van der Waals surface area contributed by atoms with E-state index in [2.05, 4.69) is 4.98 Å². The number of ether oxygens (including phenoxy) is 2. The monoisotopic (exact) mass is 294 g/mol. The Morgan fingerprint density at radius 3 is 2.79 bits per heavy atom. The van der Waals surface area contributed by atoms with Gasteiger partial charge in [-0.25, -0.2) is 4.98 Å². The summed E-state index contributed by atoms with van der Waals surface area (Å²) in [6, 6.07) is 5.38. The zero-order valence-corrected chi connectivity index (χ0v) is 12.3. The molecular formula is C13H14N2O2S2. The van der Waals surface area contributed by atoms with Crippen molar-refractivity contribution in [1.29, 1.82) is 0 Å². The Morgan fingerprint density at radius 2 is 2.21 bits per heavy atom. The van der Waals surface area contributed by atoms with E-state index in [9.17, 15) is 0 Å². The summed E-state index contributed by atoms with van der Waals surface area (Å²) in [7, 11) is 1.58. The Morgan fingerprint density at radius 1 is 1.42 bits per heavy atom. The first-order chi connectivity index (χ1) is 9.10. The molecule has 1 aromatic heterocycles. The predicted molar refractivity (Wildman–Crippen MR) is 80.1 cm³/mol. The van der Waals surface area contributed by atoms with Crippen LogP contribution in [-0.4, -0.2) is 17.1 Å². The van der Waals surface area contributed by atoms with Crippen molar-refractivity contribution in [2.24, 2.45) is 5.73 Å². The zero-order valence-electron chi connectivity index (χ0n) is 10.7. The first-order valence-corrected chi connectivity index (χ1v) is 6.90. The lowest BCUT2D eigenvalue weighted by molar-refractivity contribution is 0.284. The lowest BCUT2D eigenvalue weighted by Crippen LogP contribution is -2.09. The van der Waals surface area contributed by atoms with E-state index in [0.29, 0.717) is 23.1 Å². The molecule has 0 atom stereocenters. The lowest BCUT2D eigenvalue weighted by atomic mass is 10.2. The van der Waals surface area contributed by atoms with E-state index in [-0.39, 0.29) is 0 Å². The Balaban J connectivity index is 2.13. The maximum Gasteiger partial charge on any atom is 0.161 e. The summed E-state index contributed by atoms with van der Waals surface area (Å²) in [5.41, 5.74) is 7.34. The number of hydrogen-bond donors (Lipinski definition) is 1. The summed E-state index contributed by atoms with van der Waals surface area (Å²) >= 11 is 6.50. The Hall–Kier alpha value is -1.66. The summed E-state index contributed by atoms with van der Waals surface area (Å²) in [4.78, 5) is 4.67. The molecule has 0 amide bonds. The molecule has 0 fully saturated rings. The second kappa shape index (κ2) is 5.99. The van der Waals surface area contributed by atoms with Crippen LogP contribution in [0, 0.1) is 6.92 Å². The molecule has 0 radical (unpaired) electrons. The molecular weight excluding hydrogens is 280 g/mol. The molecule has 0 aliphatic heterocycles. The highest BCUT2D eigenvalue weighted by molar-refractivity contribution is 7.80. The number of thiazole rings is 1. The molecule has 2 N–H and O–H groups in total. The Kier molecular flexibility index (Phi) is 4.34. The fourth-order valence-electron chi connectivity index (χ4n) is 1.55. The van der Waals surface area contributed by atoms with Crippen LogP contribution in [0.1, 0.15) is 16.3 Å². The van der Waals surface area contributed by atoms with Gasteiger partial charge in [0.15, 0.2) is 11.5 Å². The zero-order chi connectivity index (χ0) is 13.8. The molecule has 19 heavy (non-hydrogen) atoms. The summed E-state index contributed by atoms with van der Waals surface area (Å²) in [5, 5.41) is 2.92. The highest BCUT2D eigenvalue weighted by atomic mass is 32.1. The van der Waals surface area contributed by atoms with Crippen molar-refractivity contribution >= 4 is 28.5 Å². The van der Waals surface area contributed by atoms with Crippen molar-refractivity contribution in [2.75, 3.05) is 7.11 Å². The van der Waals surface area contributed by atoms with Gasteiger partial charge in [-0.05, 0) is 25.1 Å². The molecule has 2 aromatic rings. The normalized spacial score (nSPS) is 10.2. The Labute approximate surface area is 121 Å². The van der Waals surface area contributed by atoms with Crippen LogP contribution >= 0.6 is 23.6 Å². The SMILES string of the molecule is COc1cc(C(N)=S)ccc1OCc1nc(C)cs1. The number of hydrogen-bond acceptors (Lipinski definition) is 5. The van der Waals surface area contributed by atoms with E-state index >= 15 is 0 Å². The molecule has 0 saturated heterocycles. The van der Waals surface area contributed by atoms with Gasteiger partial charge in [0, 0.05) is 16.6 Å². The van der Waals surface area contributed by atoms with Gasteiger partial charge in [-0.2, -0.15) is 0 Å². The number of methoxy groups -OCH3 is 1. The van der Waals surface area contributed by atoms with E-state index < -0.39 is 0 Å². The molecule has 0 spiro atoms.